The van der Waals surface area contributed by atoms with Gasteiger partial charge < -0.3 is 20.3 Å². The van der Waals surface area contributed by atoms with Gasteiger partial charge in [-0.05, 0) is 28.3 Å². The summed E-state index contributed by atoms with van der Waals surface area (Å²) in [6.07, 6.45) is -3.58. The summed E-state index contributed by atoms with van der Waals surface area (Å²) < 4.78 is 5.36. The van der Waals surface area contributed by atoms with Crippen molar-refractivity contribution in [3.05, 3.63) is 86.3 Å². The molecule has 0 radical (unpaired) electrons. The highest BCUT2D eigenvalue weighted by molar-refractivity contribution is 7.17. The Labute approximate surface area is 192 Å². The Bertz CT molecular complexity index is 1160. The maximum absolute atomic E-state index is 12.2. The molecule has 1 aromatic heterocycles. The molecule has 170 valence electrons. The van der Waals surface area contributed by atoms with Gasteiger partial charge in [0.15, 0.2) is 6.29 Å². The van der Waals surface area contributed by atoms with Crippen molar-refractivity contribution < 1.29 is 29.5 Å². The van der Waals surface area contributed by atoms with Gasteiger partial charge >= 0.3 is 11.1 Å². The third-order valence-corrected chi connectivity index (χ3v) is 6.55. The van der Waals surface area contributed by atoms with Gasteiger partial charge in [0, 0.05) is 12.5 Å². The standard InChI is InChI=1S/C23H20N2O7S/c26-11-13-9-18(22(33-13)25(30)31)21(28)20(27)10-24-23(29)32-12-19-16-7-3-1-5-14(16)15-6-2-4-8-17(15)19/h1-9,11,19-21,27-28H,10,12H2,(H,24,29). The van der Waals surface area contributed by atoms with Gasteiger partial charge in [0.1, 0.15) is 18.8 Å². The molecule has 0 aliphatic heterocycles. The first-order chi connectivity index (χ1) is 15.9. The molecule has 2 atom stereocenters. The number of nitro groups is 1. The summed E-state index contributed by atoms with van der Waals surface area (Å²) in [5.74, 6) is -0.131. The van der Waals surface area contributed by atoms with Crippen molar-refractivity contribution in [2.24, 2.45) is 0 Å². The molecule has 2 aromatic carbocycles. The fraction of sp³-hybridized carbons (Fsp3) is 0.217. The van der Waals surface area contributed by atoms with Crippen LogP contribution in [0.5, 0.6) is 0 Å². The number of carbonyl (C=O) groups excluding carboxylic acids is 2. The monoisotopic (exact) mass is 468 g/mol. The summed E-state index contributed by atoms with van der Waals surface area (Å²) in [4.78, 5) is 33.6. The van der Waals surface area contributed by atoms with E-state index in [2.05, 4.69) is 5.32 Å². The largest absolute Gasteiger partial charge is 0.449 e. The molecule has 0 saturated heterocycles. The van der Waals surface area contributed by atoms with E-state index in [4.69, 9.17) is 4.74 Å². The molecular weight excluding hydrogens is 448 g/mol. The zero-order chi connectivity index (χ0) is 23.5. The normalized spacial score (nSPS) is 14.1. The van der Waals surface area contributed by atoms with Gasteiger partial charge in [-0.25, -0.2) is 4.79 Å². The van der Waals surface area contributed by atoms with Crippen LogP contribution < -0.4 is 5.32 Å². The minimum absolute atomic E-state index is 0.0486. The second kappa shape index (κ2) is 9.49. The molecule has 1 heterocycles. The molecule has 1 aliphatic carbocycles. The molecule has 9 nitrogen and oxygen atoms in total. The highest BCUT2D eigenvalue weighted by Crippen LogP contribution is 2.44. The predicted octanol–water partition coefficient (Wildman–Crippen LogP) is 3.40. The van der Waals surface area contributed by atoms with E-state index in [1.54, 1.807) is 0 Å². The van der Waals surface area contributed by atoms with Gasteiger partial charge in [-0.15, -0.1) is 0 Å². The van der Waals surface area contributed by atoms with E-state index in [1.165, 1.54) is 0 Å². The number of benzene rings is 2. The molecule has 3 aromatic rings. The quantitative estimate of drug-likeness (QED) is 0.262. The number of alkyl carbamates (subject to hydrolysis) is 1. The van der Waals surface area contributed by atoms with E-state index < -0.39 is 34.8 Å². The Kier molecular flexibility index (Phi) is 6.50. The lowest BCUT2D eigenvalue weighted by molar-refractivity contribution is -0.381. The van der Waals surface area contributed by atoms with Gasteiger partial charge in [0.2, 0.25) is 0 Å². The Balaban J connectivity index is 1.36. The van der Waals surface area contributed by atoms with E-state index in [-0.39, 0.29) is 23.0 Å². The highest BCUT2D eigenvalue weighted by atomic mass is 32.1. The van der Waals surface area contributed by atoms with E-state index in [9.17, 15) is 29.9 Å². The van der Waals surface area contributed by atoms with Crippen LogP contribution in [0.25, 0.3) is 11.1 Å². The van der Waals surface area contributed by atoms with Crippen molar-refractivity contribution in [2.45, 2.75) is 18.1 Å². The van der Waals surface area contributed by atoms with Crippen LogP contribution in [-0.2, 0) is 4.74 Å². The molecule has 0 spiro atoms. The fourth-order valence-electron chi connectivity index (χ4n) is 3.98. The number of aldehydes is 1. The topological polar surface area (TPSA) is 139 Å². The van der Waals surface area contributed by atoms with Crippen molar-refractivity contribution >= 4 is 28.7 Å². The summed E-state index contributed by atoms with van der Waals surface area (Å²) in [7, 11) is 0. The Hall–Kier alpha value is -3.60. The number of aliphatic hydroxyl groups excluding tert-OH is 2. The van der Waals surface area contributed by atoms with Gasteiger partial charge in [0.25, 0.3) is 0 Å². The third-order valence-electron chi connectivity index (χ3n) is 5.52. The molecule has 1 aliphatic rings. The second-order valence-electron chi connectivity index (χ2n) is 7.50. The second-order valence-corrected chi connectivity index (χ2v) is 8.57. The molecule has 1 amide bonds. The van der Waals surface area contributed by atoms with E-state index in [0.29, 0.717) is 17.6 Å². The summed E-state index contributed by atoms with van der Waals surface area (Å²) in [6.45, 7) is -0.321. The first kappa shape index (κ1) is 22.6. The number of ether oxygens (including phenoxy) is 1. The molecule has 10 heteroatoms. The molecule has 0 bridgehead atoms. The summed E-state index contributed by atoms with van der Waals surface area (Å²) in [5, 5.41) is 33.6. The molecule has 0 fully saturated rings. The number of nitrogens with zero attached hydrogens (tertiary/aromatic N) is 1. The fourth-order valence-corrected chi connectivity index (χ4v) is 4.81. The van der Waals surface area contributed by atoms with Crippen LogP contribution in [0.4, 0.5) is 9.80 Å². The molecule has 0 saturated carbocycles. The average Bonchev–Trinajstić information content (AvgIpc) is 3.40. The van der Waals surface area contributed by atoms with Crippen LogP contribution in [0, 0.1) is 10.1 Å². The van der Waals surface area contributed by atoms with E-state index in [1.807, 2.05) is 48.5 Å². The Morgan fingerprint density at radius 3 is 2.33 bits per heavy atom. The predicted molar refractivity (Wildman–Crippen MR) is 120 cm³/mol. The first-order valence-electron chi connectivity index (χ1n) is 10.1. The van der Waals surface area contributed by atoms with Crippen LogP contribution in [0.2, 0.25) is 0 Å². The zero-order valence-corrected chi connectivity index (χ0v) is 18.0. The Morgan fingerprint density at radius 1 is 1.15 bits per heavy atom. The molecule has 4 rings (SSSR count). The van der Waals surface area contributed by atoms with Crippen molar-refractivity contribution in [1.82, 2.24) is 5.32 Å². The molecule has 3 N–H and O–H groups in total. The van der Waals surface area contributed by atoms with Crippen molar-refractivity contribution in [3.8, 4) is 11.1 Å². The molecular formula is C23H20N2O7S. The maximum atomic E-state index is 12.2. The van der Waals surface area contributed by atoms with Crippen LogP contribution in [0.15, 0.2) is 54.6 Å². The number of hydrogen-bond acceptors (Lipinski definition) is 8. The number of nitrogens with one attached hydrogen (secondary N) is 1. The van der Waals surface area contributed by atoms with Crippen molar-refractivity contribution in [1.29, 1.82) is 0 Å². The zero-order valence-electron chi connectivity index (χ0n) is 17.2. The maximum Gasteiger partial charge on any atom is 0.407 e. The van der Waals surface area contributed by atoms with E-state index in [0.717, 1.165) is 28.3 Å². The third kappa shape index (κ3) is 4.49. The highest BCUT2D eigenvalue weighted by Gasteiger charge is 2.31. The van der Waals surface area contributed by atoms with Crippen molar-refractivity contribution in [2.75, 3.05) is 13.2 Å². The first-order valence-corrected chi connectivity index (χ1v) is 10.9. The smallest absolute Gasteiger partial charge is 0.407 e. The Morgan fingerprint density at radius 2 is 1.76 bits per heavy atom. The number of rotatable bonds is 8. The lowest BCUT2D eigenvalue weighted by atomic mass is 9.98. The number of amides is 1. The lowest BCUT2D eigenvalue weighted by Gasteiger charge is -2.18. The van der Waals surface area contributed by atoms with E-state index >= 15 is 0 Å². The molecule has 33 heavy (non-hydrogen) atoms. The SMILES string of the molecule is O=Cc1cc(C(O)C(O)CNC(=O)OCC2c3ccccc3-c3ccccc32)c([N+](=O)[O-])s1. The van der Waals surface area contributed by atoms with Crippen LogP contribution in [-0.4, -0.2) is 46.8 Å². The number of aliphatic hydroxyl groups is 2. The van der Waals surface area contributed by atoms with Crippen LogP contribution in [0.1, 0.15) is 38.4 Å². The number of thiophene rings is 1. The van der Waals surface area contributed by atoms with Gasteiger partial charge in [-0.2, -0.15) is 0 Å². The number of hydrogen-bond donors (Lipinski definition) is 3. The van der Waals surface area contributed by atoms with Gasteiger partial charge in [-0.3, -0.25) is 14.9 Å². The summed E-state index contributed by atoms with van der Waals surface area (Å²) in [6, 6.07) is 16.9. The molecule has 2 unspecified atom stereocenters. The lowest BCUT2D eigenvalue weighted by Crippen LogP contribution is -2.36. The minimum atomic E-state index is -1.66. The minimum Gasteiger partial charge on any atom is -0.449 e. The average molecular weight is 468 g/mol. The van der Waals surface area contributed by atoms with Crippen LogP contribution in [0.3, 0.4) is 0 Å². The summed E-state index contributed by atoms with van der Waals surface area (Å²) >= 11 is 0.599. The number of carbonyl (C=O) groups is 2. The summed E-state index contributed by atoms with van der Waals surface area (Å²) in [5.41, 5.74) is 4.10. The number of fused-ring (bicyclic) bond motifs is 3. The van der Waals surface area contributed by atoms with Gasteiger partial charge in [0.05, 0.1) is 15.4 Å². The van der Waals surface area contributed by atoms with Crippen molar-refractivity contribution in [3.63, 3.8) is 0 Å². The van der Waals surface area contributed by atoms with Crippen LogP contribution >= 0.6 is 11.3 Å². The van der Waals surface area contributed by atoms with Gasteiger partial charge in [-0.1, -0.05) is 59.9 Å².